The van der Waals surface area contributed by atoms with Crippen LogP contribution in [0, 0.1) is 5.92 Å². The largest absolute Gasteiger partial charge is 0.464 e. The van der Waals surface area contributed by atoms with E-state index in [9.17, 15) is 4.79 Å². The number of hydrogen-bond donors (Lipinski definition) is 1. The molecule has 0 heterocycles. The second-order valence-corrected chi connectivity index (χ2v) is 2.70. The van der Waals surface area contributed by atoms with E-state index in [1.807, 2.05) is 13.8 Å². The summed E-state index contributed by atoms with van der Waals surface area (Å²) >= 11 is 0. The first-order valence-electron chi connectivity index (χ1n) is 3.38. The predicted molar refractivity (Wildman–Crippen MR) is 37.5 cm³/mol. The van der Waals surface area contributed by atoms with Gasteiger partial charge in [-0.15, -0.1) is 0 Å². The molecule has 0 aliphatic heterocycles. The van der Waals surface area contributed by atoms with Crippen LogP contribution in [0.25, 0.3) is 0 Å². The highest BCUT2D eigenvalue weighted by Gasteiger charge is 2.09. The first kappa shape index (κ1) is 9.43. The zero-order valence-corrected chi connectivity index (χ0v) is 6.63. The van der Waals surface area contributed by atoms with Crippen molar-refractivity contribution in [1.82, 2.24) is 0 Å². The zero-order chi connectivity index (χ0) is 8.15. The van der Waals surface area contributed by atoms with Crippen molar-refractivity contribution in [2.45, 2.75) is 26.9 Å². The summed E-state index contributed by atoms with van der Waals surface area (Å²) in [5, 5.41) is 8.66. The molecule has 0 bridgehead atoms. The van der Waals surface area contributed by atoms with Crippen molar-refractivity contribution in [3.8, 4) is 0 Å². The lowest BCUT2D eigenvalue weighted by atomic mass is 10.2. The first-order chi connectivity index (χ1) is 4.54. The molecule has 0 radical (unpaired) electrons. The second kappa shape index (κ2) is 4.28. The van der Waals surface area contributed by atoms with E-state index in [1.165, 1.54) is 6.92 Å². The van der Waals surface area contributed by atoms with Crippen LogP contribution in [-0.2, 0) is 9.53 Å². The van der Waals surface area contributed by atoms with E-state index in [-0.39, 0.29) is 0 Å². The molecule has 0 aromatic carbocycles. The van der Waals surface area contributed by atoms with Crippen LogP contribution < -0.4 is 0 Å². The molecule has 1 atom stereocenters. The number of aliphatic hydroxyl groups is 1. The Hall–Kier alpha value is -0.570. The molecule has 0 aromatic heterocycles. The van der Waals surface area contributed by atoms with Gasteiger partial charge in [-0.25, -0.2) is 4.79 Å². The lowest BCUT2D eigenvalue weighted by Gasteiger charge is -2.07. The van der Waals surface area contributed by atoms with E-state index in [4.69, 9.17) is 5.11 Å². The Bertz CT molecular complexity index is 107. The third-order valence-electron chi connectivity index (χ3n) is 0.900. The molecule has 0 amide bonds. The summed E-state index contributed by atoms with van der Waals surface area (Å²) < 4.78 is 4.68. The number of ether oxygens (including phenoxy) is 1. The number of carbonyl (C=O) groups excluding carboxylic acids is 1. The minimum atomic E-state index is -1.00. The van der Waals surface area contributed by atoms with Crippen molar-refractivity contribution in [1.29, 1.82) is 0 Å². The molecule has 0 spiro atoms. The molecule has 0 aliphatic rings. The molecule has 10 heavy (non-hydrogen) atoms. The average molecular weight is 146 g/mol. The lowest BCUT2D eigenvalue weighted by Crippen LogP contribution is -2.21. The molecule has 0 rings (SSSR count). The normalized spacial score (nSPS) is 13.3. The monoisotopic (exact) mass is 146 g/mol. The predicted octanol–water partition coefficient (Wildman–Crippen LogP) is 0.566. The van der Waals surface area contributed by atoms with Crippen molar-refractivity contribution in [3.05, 3.63) is 0 Å². The summed E-state index contributed by atoms with van der Waals surface area (Å²) in [5.74, 6) is -0.226. The van der Waals surface area contributed by atoms with E-state index < -0.39 is 12.1 Å². The zero-order valence-electron chi connectivity index (χ0n) is 6.63. The van der Waals surface area contributed by atoms with Gasteiger partial charge in [0, 0.05) is 0 Å². The topological polar surface area (TPSA) is 46.5 Å². The van der Waals surface area contributed by atoms with Crippen LogP contribution >= 0.6 is 0 Å². The molecule has 0 saturated heterocycles. The van der Waals surface area contributed by atoms with Crippen LogP contribution in [0.4, 0.5) is 0 Å². The molecule has 1 unspecified atom stereocenters. The molecule has 60 valence electrons. The van der Waals surface area contributed by atoms with Crippen LogP contribution in [0.2, 0.25) is 0 Å². The van der Waals surface area contributed by atoms with Crippen molar-refractivity contribution in [2.75, 3.05) is 6.61 Å². The maximum Gasteiger partial charge on any atom is 0.334 e. The maximum absolute atomic E-state index is 10.6. The van der Waals surface area contributed by atoms with Gasteiger partial charge >= 0.3 is 5.97 Å². The molecule has 3 nitrogen and oxygen atoms in total. The Labute approximate surface area is 61.0 Å². The van der Waals surface area contributed by atoms with Gasteiger partial charge in [-0.1, -0.05) is 13.8 Å². The second-order valence-electron chi connectivity index (χ2n) is 2.70. The molecular formula is C7H14O3. The first-order valence-corrected chi connectivity index (χ1v) is 3.38. The van der Waals surface area contributed by atoms with Gasteiger partial charge in [0.2, 0.25) is 0 Å². The standard InChI is InChI=1S/C7H14O3/c1-5(2)4-10-7(9)6(3)8/h5-6,8H,4H2,1-3H3. The highest BCUT2D eigenvalue weighted by molar-refractivity contribution is 5.73. The molecular weight excluding hydrogens is 132 g/mol. The van der Waals surface area contributed by atoms with Gasteiger partial charge in [-0.2, -0.15) is 0 Å². The summed E-state index contributed by atoms with van der Waals surface area (Å²) in [7, 11) is 0. The van der Waals surface area contributed by atoms with Crippen LogP contribution in [0.1, 0.15) is 20.8 Å². The summed E-state index contributed by atoms with van der Waals surface area (Å²) in [6.07, 6.45) is -1.00. The van der Waals surface area contributed by atoms with Crippen molar-refractivity contribution >= 4 is 5.97 Å². The molecule has 0 saturated carbocycles. The molecule has 0 aromatic rings. The number of hydrogen-bond acceptors (Lipinski definition) is 3. The van der Waals surface area contributed by atoms with Crippen LogP contribution in [0.15, 0.2) is 0 Å². The van der Waals surface area contributed by atoms with Gasteiger partial charge < -0.3 is 9.84 Å². The molecule has 0 aliphatic carbocycles. The van der Waals surface area contributed by atoms with Gasteiger partial charge in [-0.05, 0) is 12.8 Å². The van der Waals surface area contributed by atoms with Gasteiger partial charge in [0.05, 0.1) is 6.61 Å². The van der Waals surface area contributed by atoms with Crippen molar-refractivity contribution < 1.29 is 14.6 Å². The number of aliphatic hydroxyl groups excluding tert-OH is 1. The average Bonchev–Trinajstić information content (AvgIpc) is 1.82. The Morgan fingerprint density at radius 1 is 1.50 bits per heavy atom. The van der Waals surface area contributed by atoms with E-state index in [0.29, 0.717) is 12.5 Å². The molecule has 0 fully saturated rings. The third kappa shape index (κ3) is 4.32. The minimum Gasteiger partial charge on any atom is -0.464 e. The minimum absolute atomic E-state index is 0.322. The third-order valence-corrected chi connectivity index (χ3v) is 0.900. The summed E-state index contributed by atoms with van der Waals surface area (Å²) in [6, 6.07) is 0. The quantitative estimate of drug-likeness (QED) is 0.592. The SMILES string of the molecule is CC(C)COC(=O)C(C)O. The Morgan fingerprint density at radius 3 is 2.30 bits per heavy atom. The lowest BCUT2D eigenvalue weighted by molar-refractivity contribution is -0.153. The maximum atomic E-state index is 10.6. The van der Waals surface area contributed by atoms with Gasteiger partial charge in [-0.3, -0.25) is 0 Å². The summed E-state index contributed by atoms with van der Waals surface area (Å²) in [6.45, 7) is 5.65. The van der Waals surface area contributed by atoms with E-state index >= 15 is 0 Å². The van der Waals surface area contributed by atoms with Crippen molar-refractivity contribution in [3.63, 3.8) is 0 Å². The molecule has 1 N–H and O–H groups in total. The fourth-order valence-electron chi connectivity index (χ4n) is 0.369. The summed E-state index contributed by atoms with van der Waals surface area (Å²) in [4.78, 5) is 10.6. The van der Waals surface area contributed by atoms with Crippen LogP contribution in [0.5, 0.6) is 0 Å². The van der Waals surface area contributed by atoms with Crippen LogP contribution in [0.3, 0.4) is 0 Å². The Kier molecular flexibility index (Phi) is 4.03. The Balaban J connectivity index is 3.40. The fourth-order valence-corrected chi connectivity index (χ4v) is 0.369. The smallest absolute Gasteiger partial charge is 0.334 e. The highest BCUT2D eigenvalue weighted by Crippen LogP contribution is 1.94. The molecule has 3 heteroatoms. The number of esters is 1. The van der Waals surface area contributed by atoms with E-state index in [2.05, 4.69) is 4.74 Å². The van der Waals surface area contributed by atoms with Gasteiger partial charge in [0.1, 0.15) is 6.10 Å². The summed E-state index contributed by atoms with van der Waals surface area (Å²) in [5.41, 5.74) is 0. The van der Waals surface area contributed by atoms with Gasteiger partial charge in [0.15, 0.2) is 0 Å². The van der Waals surface area contributed by atoms with Gasteiger partial charge in [0.25, 0.3) is 0 Å². The van der Waals surface area contributed by atoms with Crippen molar-refractivity contribution in [2.24, 2.45) is 5.92 Å². The van der Waals surface area contributed by atoms with Crippen LogP contribution in [-0.4, -0.2) is 23.8 Å². The highest BCUT2D eigenvalue weighted by atomic mass is 16.5. The van der Waals surface area contributed by atoms with E-state index in [1.54, 1.807) is 0 Å². The van der Waals surface area contributed by atoms with E-state index in [0.717, 1.165) is 0 Å². The Morgan fingerprint density at radius 2 is 2.00 bits per heavy atom. The fraction of sp³-hybridized carbons (Fsp3) is 0.857. The number of rotatable bonds is 3. The number of carbonyl (C=O) groups is 1.